The Morgan fingerprint density at radius 3 is 2.25 bits per heavy atom. The molecule has 1 saturated carbocycles. The van der Waals surface area contributed by atoms with Crippen molar-refractivity contribution in [2.24, 2.45) is 5.73 Å². The summed E-state index contributed by atoms with van der Waals surface area (Å²) in [7, 11) is 0. The molecule has 4 rings (SSSR count). The molecule has 1 aromatic carbocycles. The van der Waals surface area contributed by atoms with E-state index in [1.54, 1.807) is 26.0 Å². The summed E-state index contributed by atoms with van der Waals surface area (Å²) in [5, 5.41) is 9.97. The number of piperazine rings is 1. The number of carboxylic acids is 1. The van der Waals surface area contributed by atoms with Gasteiger partial charge in [0.25, 0.3) is 5.91 Å². The second-order valence-electron chi connectivity index (χ2n) is 10.6. The predicted molar refractivity (Wildman–Crippen MR) is 161 cm³/mol. The molecule has 2 heterocycles. The van der Waals surface area contributed by atoms with Crippen molar-refractivity contribution >= 4 is 52.5 Å². The van der Waals surface area contributed by atoms with Gasteiger partial charge in [0.2, 0.25) is 11.5 Å². The van der Waals surface area contributed by atoms with E-state index >= 15 is 0 Å². The van der Waals surface area contributed by atoms with E-state index in [1.165, 1.54) is 21.6 Å². The summed E-state index contributed by atoms with van der Waals surface area (Å²) in [6.07, 6.45) is 2.27. The van der Waals surface area contributed by atoms with Gasteiger partial charge in [-0.3, -0.25) is 19.4 Å². The Morgan fingerprint density at radius 2 is 1.70 bits per heavy atom. The van der Waals surface area contributed by atoms with E-state index in [2.05, 4.69) is 0 Å². The molecule has 3 amide bonds. The molecule has 1 saturated heterocycles. The number of hydrogen-bond acceptors (Lipinski definition) is 10. The van der Waals surface area contributed by atoms with Crippen LogP contribution in [0.5, 0.6) is 5.75 Å². The average Bonchev–Trinajstić information content (AvgIpc) is 2.98. The van der Waals surface area contributed by atoms with E-state index in [0.29, 0.717) is 30.2 Å². The minimum absolute atomic E-state index is 0.0152. The molecule has 238 valence electrons. The van der Waals surface area contributed by atoms with Gasteiger partial charge < -0.3 is 34.9 Å². The third-order valence-electron chi connectivity index (χ3n) is 7.92. The van der Waals surface area contributed by atoms with Crippen molar-refractivity contribution in [2.45, 2.75) is 62.4 Å². The number of thioether (sulfide) groups is 1. The minimum atomic E-state index is -1.34. The first-order chi connectivity index (χ1) is 21.0. The van der Waals surface area contributed by atoms with Gasteiger partial charge in [0.05, 0.1) is 30.3 Å². The number of rotatable bonds is 12. The molecule has 0 radical (unpaired) electrons. The van der Waals surface area contributed by atoms with Gasteiger partial charge in [0.1, 0.15) is 11.3 Å². The number of aliphatic carboxylic acids is 1. The molecule has 2 aromatic rings. The van der Waals surface area contributed by atoms with Crippen LogP contribution in [0.15, 0.2) is 23.1 Å². The Bertz CT molecular complexity index is 1440. The summed E-state index contributed by atoms with van der Waals surface area (Å²) < 4.78 is 16.8. The van der Waals surface area contributed by atoms with Crippen LogP contribution in [0, 0.1) is 0 Å². The van der Waals surface area contributed by atoms with Crippen LogP contribution in [0.4, 0.5) is 4.79 Å². The number of carboxylic acid groups (broad SMARTS) is 1. The second kappa shape index (κ2) is 14.1. The predicted octanol–water partition coefficient (Wildman–Crippen LogP) is 3.17. The van der Waals surface area contributed by atoms with Crippen LogP contribution in [0.2, 0.25) is 0 Å². The van der Waals surface area contributed by atoms with E-state index in [1.807, 2.05) is 12.3 Å². The lowest BCUT2D eigenvalue weighted by atomic mass is 9.79. The number of pyridine rings is 1. The van der Waals surface area contributed by atoms with Gasteiger partial charge in [-0.2, -0.15) is 0 Å². The van der Waals surface area contributed by atoms with E-state index in [9.17, 15) is 29.1 Å². The van der Waals surface area contributed by atoms with Crippen LogP contribution in [0.3, 0.4) is 0 Å². The Balaban J connectivity index is 1.83. The van der Waals surface area contributed by atoms with Gasteiger partial charge in [-0.25, -0.2) is 9.59 Å². The van der Waals surface area contributed by atoms with E-state index in [4.69, 9.17) is 24.9 Å². The molecule has 1 aromatic heterocycles. The van der Waals surface area contributed by atoms with Gasteiger partial charge in [0, 0.05) is 42.9 Å². The molecule has 44 heavy (non-hydrogen) atoms. The van der Waals surface area contributed by atoms with Gasteiger partial charge in [0.15, 0.2) is 0 Å². The molecule has 1 aliphatic heterocycles. The summed E-state index contributed by atoms with van der Waals surface area (Å²) in [5.41, 5.74) is 4.81. The maximum atomic E-state index is 14.1. The first kappa shape index (κ1) is 32.8. The Labute approximate surface area is 259 Å². The fourth-order valence-corrected chi connectivity index (χ4v) is 5.89. The number of primary amides is 1. The number of benzene rings is 1. The second-order valence-corrected chi connectivity index (χ2v) is 11.5. The molecule has 0 spiro atoms. The molecule has 2 fully saturated rings. The van der Waals surface area contributed by atoms with Crippen molar-refractivity contribution in [2.75, 3.05) is 45.6 Å². The Morgan fingerprint density at radius 1 is 1.05 bits per heavy atom. The standard InChI is InChI=1S/C30H38N4O9S/c1-4-41-28(39)30(11-6-12-30)43-25-20-17-18(44-3)7-9-21(20)32-24(23(25)26(31)37)19(8-10-22(35)36)27(38)33-13-15-34(16-14-33)29(40)42-5-2/h7,9,17,19H,4-6,8,10-16H2,1-3H3,(H2,31,37)(H,35,36). The highest BCUT2D eigenvalue weighted by Crippen LogP contribution is 2.44. The zero-order valence-corrected chi connectivity index (χ0v) is 25.9. The Kier molecular flexibility index (Phi) is 10.6. The molecular weight excluding hydrogens is 592 g/mol. The Hall–Kier alpha value is -4.07. The summed E-state index contributed by atoms with van der Waals surface area (Å²) in [4.78, 5) is 72.8. The largest absolute Gasteiger partial charge is 0.481 e. The van der Waals surface area contributed by atoms with Gasteiger partial charge in [-0.1, -0.05) is 0 Å². The van der Waals surface area contributed by atoms with Crippen LogP contribution in [0.25, 0.3) is 10.9 Å². The first-order valence-electron chi connectivity index (χ1n) is 14.6. The van der Waals surface area contributed by atoms with E-state index < -0.39 is 41.4 Å². The highest BCUT2D eigenvalue weighted by Gasteiger charge is 2.49. The number of esters is 1. The number of aromatic nitrogens is 1. The zero-order valence-electron chi connectivity index (χ0n) is 25.1. The molecule has 13 nitrogen and oxygen atoms in total. The number of carbonyl (C=O) groups excluding carboxylic acids is 4. The number of fused-ring (bicyclic) bond motifs is 1. The van der Waals surface area contributed by atoms with Crippen molar-refractivity contribution in [3.8, 4) is 5.75 Å². The van der Waals surface area contributed by atoms with Gasteiger partial charge in [-0.15, -0.1) is 11.8 Å². The van der Waals surface area contributed by atoms with Gasteiger partial charge in [-0.05, 0) is 64.0 Å². The van der Waals surface area contributed by atoms with Crippen molar-refractivity contribution < 1.29 is 43.3 Å². The highest BCUT2D eigenvalue weighted by atomic mass is 32.2. The zero-order chi connectivity index (χ0) is 32.0. The molecule has 0 bridgehead atoms. The third-order valence-corrected chi connectivity index (χ3v) is 8.64. The highest BCUT2D eigenvalue weighted by molar-refractivity contribution is 7.98. The van der Waals surface area contributed by atoms with Crippen LogP contribution in [0.1, 0.15) is 67.9 Å². The van der Waals surface area contributed by atoms with Gasteiger partial charge >= 0.3 is 18.0 Å². The monoisotopic (exact) mass is 630 g/mol. The number of ether oxygens (including phenoxy) is 3. The normalized spacial score (nSPS) is 16.5. The molecule has 3 N–H and O–H groups in total. The molecule has 1 unspecified atom stereocenters. The number of nitrogens with zero attached hydrogens (tertiary/aromatic N) is 3. The lowest BCUT2D eigenvalue weighted by molar-refractivity contribution is -0.169. The maximum Gasteiger partial charge on any atom is 0.409 e. The molecule has 14 heteroatoms. The number of carbonyl (C=O) groups is 5. The molecule has 2 aliphatic rings. The third kappa shape index (κ3) is 6.85. The topological polar surface area (TPSA) is 179 Å². The SMILES string of the molecule is CCOC(=O)N1CCN(C(=O)C(CCC(=O)O)c2nc3ccc(SC)cc3c(OC3(C(=O)OCC)CCC3)c2C(N)=O)CC1. The summed E-state index contributed by atoms with van der Waals surface area (Å²) >= 11 is 1.46. The maximum absolute atomic E-state index is 14.1. The van der Waals surface area contributed by atoms with Crippen molar-refractivity contribution in [1.29, 1.82) is 0 Å². The first-order valence-corrected chi connectivity index (χ1v) is 15.9. The van der Waals surface area contributed by atoms with Crippen LogP contribution in [-0.4, -0.2) is 101 Å². The molecular formula is C30H38N4O9S. The van der Waals surface area contributed by atoms with Crippen molar-refractivity contribution in [3.63, 3.8) is 0 Å². The van der Waals surface area contributed by atoms with Crippen molar-refractivity contribution in [1.82, 2.24) is 14.8 Å². The molecule has 1 atom stereocenters. The smallest absolute Gasteiger partial charge is 0.409 e. The average molecular weight is 631 g/mol. The number of amides is 3. The number of hydrogen-bond donors (Lipinski definition) is 2. The van der Waals surface area contributed by atoms with Crippen molar-refractivity contribution in [3.05, 3.63) is 29.5 Å². The fourth-order valence-electron chi connectivity index (χ4n) is 5.45. The minimum Gasteiger partial charge on any atom is -0.481 e. The number of nitrogens with two attached hydrogens (primary N) is 1. The van der Waals surface area contributed by atoms with Crippen LogP contribution in [-0.2, 0) is 23.9 Å². The lowest BCUT2D eigenvalue weighted by Crippen LogP contribution is -2.52. The van der Waals surface area contributed by atoms with Crippen LogP contribution < -0.4 is 10.5 Å². The fraction of sp³-hybridized carbons (Fsp3) is 0.533. The summed E-state index contributed by atoms with van der Waals surface area (Å²) in [5.74, 6) is -4.24. The summed E-state index contributed by atoms with van der Waals surface area (Å²) in [6, 6.07) is 5.32. The van der Waals surface area contributed by atoms with Crippen LogP contribution >= 0.6 is 11.8 Å². The summed E-state index contributed by atoms with van der Waals surface area (Å²) in [6.45, 7) is 4.54. The quantitative estimate of drug-likeness (QED) is 0.260. The van der Waals surface area contributed by atoms with E-state index in [0.717, 1.165) is 4.90 Å². The molecule has 1 aliphatic carbocycles. The van der Waals surface area contributed by atoms with E-state index in [-0.39, 0.29) is 69.2 Å². The lowest BCUT2D eigenvalue weighted by Gasteiger charge is -2.40.